The predicted molar refractivity (Wildman–Crippen MR) is 86.1 cm³/mol. The van der Waals surface area contributed by atoms with Crippen molar-refractivity contribution in [2.75, 3.05) is 12.8 Å². The molecule has 2 rings (SSSR count). The zero-order valence-corrected chi connectivity index (χ0v) is 12.8. The number of rotatable bonds is 6. The van der Waals surface area contributed by atoms with Gasteiger partial charge in [-0.1, -0.05) is 54.6 Å². The van der Waals surface area contributed by atoms with Crippen LogP contribution in [0.5, 0.6) is 0 Å². The minimum atomic E-state index is -0.872. The molecule has 2 atom stereocenters. The highest BCUT2D eigenvalue weighted by Gasteiger charge is 2.15. The second-order valence-electron chi connectivity index (χ2n) is 4.93. The Morgan fingerprint density at radius 3 is 2.35 bits per heavy atom. The maximum Gasteiger partial charge on any atom is 0.0486 e. The smallest absolute Gasteiger partial charge is 0.0486 e. The maximum absolute atomic E-state index is 12.3. The largest absolute Gasteiger partial charge is 0.312 e. The van der Waals surface area contributed by atoms with Crippen LogP contribution >= 0.6 is 0 Å². The van der Waals surface area contributed by atoms with E-state index in [-0.39, 0.29) is 6.04 Å². The topological polar surface area (TPSA) is 29.1 Å². The van der Waals surface area contributed by atoms with Crippen LogP contribution in [0, 0.1) is 6.92 Å². The zero-order chi connectivity index (χ0) is 14.4. The highest BCUT2D eigenvalue weighted by atomic mass is 32.2. The average molecular weight is 287 g/mol. The van der Waals surface area contributed by atoms with Gasteiger partial charge in [0, 0.05) is 28.3 Å². The monoisotopic (exact) mass is 287 g/mol. The van der Waals surface area contributed by atoms with Crippen LogP contribution in [0.2, 0.25) is 0 Å². The molecule has 3 heteroatoms. The van der Waals surface area contributed by atoms with Gasteiger partial charge in [0.15, 0.2) is 0 Å². The first-order valence-electron chi connectivity index (χ1n) is 6.82. The number of hydrogen-bond donors (Lipinski definition) is 1. The highest BCUT2D eigenvalue weighted by Crippen LogP contribution is 2.19. The molecule has 2 unspecified atom stereocenters. The fraction of sp³-hybridized carbons (Fsp3) is 0.294. The lowest BCUT2D eigenvalue weighted by atomic mass is 10.0. The third-order valence-electron chi connectivity index (χ3n) is 3.44. The van der Waals surface area contributed by atoms with Gasteiger partial charge < -0.3 is 5.32 Å². The van der Waals surface area contributed by atoms with Crippen molar-refractivity contribution in [2.45, 2.75) is 18.7 Å². The van der Waals surface area contributed by atoms with E-state index in [9.17, 15) is 4.21 Å². The van der Waals surface area contributed by atoms with Crippen LogP contribution in [0.4, 0.5) is 0 Å². The second-order valence-corrected chi connectivity index (χ2v) is 6.44. The Labute approximate surface area is 123 Å². The highest BCUT2D eigenvalue weighted by molar-refractivity contribution is 7.84. The fourth-order valence-corrected chi connectivity index (χ4v) is 3.71. The fourth-order valence-electron chi connectivity index (χ4n) is 2.31. The van der Waals surface area contributed by atoms with Crippen molar-refractivity contribution in [3.63, 3.8) is 0 Å². The van der Waals surface area contributed by atoms with Crippen LogP contribution in [-0.4, -0.2) is 17.0 Å². The molecule has 0 radical (unpaired) electrons. The first kappa shape index (κ1) is 14.9. The third-order valence-corrected chi connectivity index (χ3v) is 4.80. The molecule has 0 fully saturated rings. The summed E-state index contributed by atoms with van der Waals surface area (Å²) in [6.07, 6.45) is 0. The first-order chi connectivity index (χ1) is 9.70. The lowest BCUT2D eigenvalue weighted by molar-refractivity contribution is 0.633. The standard InChI is InChI=1S/C17H21NOS/c1-14-8-6-7-11-16(14)17(18-2)13-20(19)12-15-9-4-3-5-10-15/h3-11,17-18H,12-13H2,1-2H3. The predicted octanol–water partition coefficient (Wildman–Crippen LogP) is 3.20. The van der Waals surface area contributed by atoms with E-state index in [1.54, 1.807) is 0 Å². The van der Waals surface area contributed by atoms with Gasteiger partial charge in [-0.05, 0) is 30.7 Å². The average Bonchev–Trinajstić information content (AvgIpc) is 2.46. The van der Waals surface area contributed by atoms with Gasteiger partial charge in [-0.2, -0.15) is 0 Å². The minimum absolute atomic E-state index is 0.140. The molecule has 1 N–H and O–H groups in total. The van der Waals surface area contributed by atoms with Gasteiger partial charge in [0.1, 0.15) is 0 Å². The summed E-state index contributed by atoms with van der Waals surface area (Å²) in [7, 11) is 1.06. The van der Waals surface area contributed by atoms with E-state index in [1.165, 1.54) is 11.1 Å². The molecule has 0 aliphatic rings. The molecule has 2 aromatic rings. The van der Waals surface area contributed by atoms with Gasteiger partial charge >= 0.3 is 0 Å². The number of benzene rings is 2. The molecular formula is C17H21NOS. The molecule has 0 saturated heterocycles. The number of hydrogen-bond acceptors (Lipinski definition) is 2. The Balaban J connectivity index is 2.04. The van der Waals surface area contributed by atoms with Crippen molar-refractivity contribution in [1.29, 1.82) is 0 Å². The molecule has 20 heavy (non-hydrogen) atoms. The van der Waals surface area contributed by atoms with E-state index in [4.69, 9.17) is 0 Å². The zero-order valence-electron chi connectivity index (χ0n) is 12.0. The molecule has 0 aromatic heterocycles. The van der Waals surface area contributed by atoms with Crippen LogP contribution < -0.4 is 5.32 Å². The minimum Gasteiger partial charge on any atom is -0.312 e. The molecule has 0 saturated carbocycles. The summed E-state index contributed by atoms with van der Waals surface area (Å²) in [6, 6.07) is 18.4. The summed E-state index contributed by atoms with van der Waals surface area (Å²) in [4.78, 5) is 0. The molecule has 0 heterocycles. The van der Waals surface area contributed by atoms with Crippen molar-refractivity contribution >= 4 is 10.8 Å². The molecule has 0 aliphatic heterocycles. The Hall–Kier alpha value is -1.45. The Kier molecular flexibility index (Phi) is 5.50. The van der Waals surface area contributed by atoms with Crippen molar-refractivity contribution in [3.05, 3.63) is 71.3 Å². The Morgan fingerprint density at radius 2 is 1.70 bits per heavy atom. The Morgan fingerprint density at radius 1 is 1.05 bits per heavy atom. The van der Waals surface area contributed by atoms with Crippen LogP contribution in [-0.2, 0) is 16.6 Å². The lowest BCUT2D eigenvalue weighted by Gasteiger charge is -2.18. The molecule has 0 amide bonds. The van der Waals surface area contributed by atoms with E-state index in [1.807, 2.05) is 49.5 Å². The van der Waals surface area contributed by atoms with Gasteiger partial charge in [0.2, 0.25) is 0 Å². The lowest BCUT2D eigenvalue weighted by Crippen LogP contribution is -2.24. The van der Waals surface area contributed by atoms with Crippen LogP contribution in [0.3, 0.4) is 0 Å². The van der Waals surface area contributed by atoms with Gasteiger partial charge in [0.25, 0.3) is 0 Å². The quantitative estimate of drug-likeness (QED) is 0.884. The molecule has 106 valence electrons. The molecule has 0 aliphatic carbocycles. The van der Waals surface area contributed by atoms with Crippen molar-refractivity contribution in [3.8, 4) is 0 Å². The van der Waals surface area contributed by atoms with E-state index in [2.05, 4.69) is 24.4 Å². The summed E-state index contributed by atoms with van der Waals surface area (Å²) in [5, 5.41) is 3.28. The summed E-state index contributed by atoms with van der Waals surface area (Å²) in [5.41, 5.74) is 3.60. The molecule has 0 bridgehead atoms. The molecular weight excluding hydrogens is 266 g/mol. The van der Waals surface area contributed by atoms with Crippen molar-refractivity contribution in [1.82, 2.24) is 5.32 Å². The van der Waals surface area contributed by atoms with Gasteiger partial charge in [-0.3, -0.25) is 4.21 Å². The maximum atomic E-state index is 12.3. The third kappa shape index (κ3) is 4.02. The van der Waals surface area contributed by atoms with Crippen LogP contribution in [0.25, 0.3) is 0 Å². The van der Waals surface area contributed by atoms with E-state index in [0.29, 0.717) is 11.5 Å². The number of nitrogens with one attached hydrogen (secondary N) is 1. The Bertz CT molecular complexity index is 568. The van der Waals surface area contributed by atoms with Gasteiger partial charge in [-0.15, -0.1) is 0 Å². The SMILES string of the molecule is CNC(CS(=O)Cc1ccccc1)c1ccccc1C. The van der Waals surface area contributed by atoms with Crippen molar-refractivity contribution < 1.29 is 4.21 Å². The molecule has 2 aromatic carbocycles. The molecule has 2 nitrogen and oxygen atoms in total. The summed E-state index contributed by atoms with van der Waals surface area (Å²) in [5.74, 6) is 1.25. The summed E-state index contributed by atoms with van der Waals surface area (Å²) >= 11 is 0. The summed E-state index contributed by atoms with van der Waals surface area (Å²) < 4.78 is 12.3. The summed E-state index contributed by atoms with van der Waals surface area (Å²) in [6.45, 7) is 2.10. The van der Waals surface area contributed by atoms with E-state index >= 15 is 0 Å². The van der Waals surface area contributed by atoms with Crippen LogP contribution in [0.1, 0.15) is 22.7 Å². The first-order valence-corrected chi connectivity index (χ1v) is 8.31. The van der Waals surface area contributed by atoms with Crippen LogP contribution in [0.15, 0.2) is 54.6 Å². The van der Waals surface area contributed by atoms with Gasteiger partial charge in [0.05, 0.1) is 0 Å². The normalized spacial score (nSPS) is 13.9. The van der Waals surface area contributed by atoms with E-state index < -0.39 is 10.8 Å². The molecule has 0 spiro atoms. The number of aryl methyl sites for hydroxylation is 1. The van der Waals surface area contributed by atoms with E-state index in [0.717, 1.165) is 5.56 Å². The van der Waals surface area contributed by atoms with Gasteiger partial charge in [-0.25, -0.2) is 0 Å². The van der Waals surface area contributed by atoms with Crippen molar-refractivity contribution in [2.24, 2.45) is 0 Å². The second kappa shape index (κ2) is 7.36.